The lowest BCUT2D eigenvalue weighted by Crippen LogP contribution is -2.28. The maximum atomic E-state index is 9.06. The summed E-state index contributed by atoms with van der Waals surface area (Å²) in [6, 6.07) is 0. The Bertz CT molecular complexity index is 128. The minimum absolute atomic E-state index is 0.159. The highest BCUT2D eigenvalue weighted by atomic mass is 16.5. The molecule has 80 valence electrons. The third-order valence-electron chi connectivity index (χ3n) is 1.98. The largest absolute Gasteiger partial charge is 0.389 e. The molecule has 0 aromatic rings. The lowest BCUT2D eigenvalue weighted by Gasteiger charge is -2.22. The molecular formula is C9H21NO3. The van der Waals surface area contributed by atoms with Crippen molar-refractivity contribution >= 4 is 0 Å². The summed E-state index contributed by atoms with van der Waals surface area (Å²) in [6.07, 6.45) is 0.256. The smallest absolute Gasteiger partial charge is 0.0895 e. The Labute approximate surface area is 80.0 Å². The maximum absolute atomic E-state index is 9.06. The predicted molar refractivity (Wildman–Crippen MR) is 51.6 cm³/mol. The van der Waals surface area contributed by atoms with E-state index in [2.05, 4.69) is 0 Å². The monoisotopic (exact) mass is 191 g/mol. The number of hydrogen-bond donors (Lipinski definition) is 2. The molecule has 0 saturated heterocycles. The molecule has 1 atom stereocenters. The minimum atomic E-state index is -0.550. The van der Waals surface area contributed by atoms with E-state index in [1.54, 1.807) is 7.11 Å². The van der Waals surface area contributed by atoms with Crippen LogP contribution < -0.4 is 5.73 Å². The van der Waals surface area contributed by atoms with Crippen molar-refractivity contribution in [2.24, 2.45) is 5.73 Å². The van der Waals surface area contributed by atoms with E-state index in [-0.39, 0.29) is 12.1 Å². The van der Waals surface area contributed by atoms with E-state index in [0.717, 1.165) is 6.42 Å². The molecule has 0 radical (unpaired) electrons. The first-order valence-electron chi connectivity index (χ1n) is 4.53. The van der Waals surface area contributed by atoms with E-state index in [4.69, 9.17) is 20.3 Å². The zero-order chi connectivity index (χ0) is 10.3. The third-order valence-corrected chi connectivity index (χ3v) is 1.98. The molecule has 4 nitrogen and oxygen atoms in total. The minimum Gasteiger partial charge on any atom is -0.389 e. The van der Waals surface area contributed by atoms with Gasteiger partial charge in [-0.3, -0.25) is 0 Å². The van der Waals surface area contributed by atoms with Gasteiger partial charge < -0.3 is 20.3 Å². The third kappa shape index (κ3) is 6.95. The van der Waals surface area contributed by atoms with Crippen LogP contribution in [-0.2, 0) is 9.47 Å². The highest BCUT2D eigenvalue weighted by Crippen LogP contribution is 2.12. The van der Waals surface area contributed by atoms with Crippen LogP contribution in [0, 0.1) is 0 Å². The quantitative estimate of drug-likeness (QED) is 0.562. The van der Waals surface area contributed by atoms with Crippen LogP contribution in [0.15, 0.2) is 0 Å². The standard InChI is InChI=1S/C9H21NO3/c1-9(2,12-3)4-5-13-7-8(11)6-10/h8,11H,4-7,10H2,1-3H3. The molecule has 0 fully saturated rings. The summed E-state index contributed by atoms with van der Waals surface area (Å²) in [5.41, 5.74) is 5.05. The Morgan fingerprint density at radius 3 is 2.54 bits per heavy atom. The highest BCUT2D eigenvalue weighted by Gasteiger charge is 2.15. The topological polar surface area (TPSA) is 64.7 Å². The van der Waals surface area contributed by atoms with Crippen molar-refractivity contribution < 1.29 is 14.6 Å². The van der Waals surface area contributed by atoms with Gasteiger partial charge in [-0.05, 0) is 20.3 Å². The Kier molecular flexibility index (Phi) is 6.24. The van der Waals surface area contributed by atoms with Gasteiger partial charge in [0.25, 0.3) is 0 Å². The molecule has 0 aliphatic carbocycles. The van der Waals surface area contributed by atoms with Gasteiger partial charge in [0.2, 0.25) is 0 Å². The van der Waals surface area contributed by atoms with Gasteiger partial charge in [-0.25, -0.2) is 0 Å². The van der Waals surface area contributed by atoms with Crippen LogP contribution in [0.2, 0.25) is 0 Å². The second kappa shape index (κ2) is 6.32. The molecular weight excluding hydrogens is 170 g/mol. The second-order valence-electron chi connectivity index (χ2n) is 3.68. The van der Waals surface area contributed by atoms with Gasteiger partial charge in [-0.15, -0.1) is 0 Å². The number of aliphatic hydroxyl groups is 1. The van der Waals surface area contributed by atoms with Gasteiger partial charge in [0.15, 0.2) is 0 Å². The average Bonchev–Trinajstić information content (AvgIpc) is 2.12. The van der Waals surface area contributed by atoms with E-state index in [1.807, 2.05) is 13.8 Å². The molecule has 0 spiro atoms. The molecule has 3 N–H and O–H groups in total. The number of nitrogens with two attached hydrogens (primary N) is 1. The zero-order valence-electron chi connectivity index (χ0n) is 8.75. The van der Waals surface area contributed by atoms with E-state index in [0.29, 0.717) is 13.2 Å². The van der Waals surface area contributed by atoms with E-state index < -0.39 is 6.10 Å². The van der Waals surface area contributed by atoms with E-state index in [1.165, 1.54) is 0 Å². The lowest BCUT2D eigenvalue weighted by molar-refractivity contribution is -0.0232. The summed E-state index contributed by atoms with van der Waals surface area (Å²) in [7, 11) is 1.68. The van der Waals surface area contributed by atoms with Crippen LogP contribution in [0.3, 0.4) is 0 Å². The SMILES string of the molecule is COC(C)(C)CCOCC(O)CN. The fourth-order valence-electron chi connectivity index (χ4n) is 0.707. The van der Waals surface area contributed by atoms with Crippen molar-refractivity contribution in [2.75, 3.05) is 26.9 Å². The number of methoxy groups -OCH3 is 1. The molecule has 0 aromatic heterocycles. The van der Waals surface area contributed by atoms with Crippen molar-refractivity contribution in [1.29, 1.82) is 0 Å². The first-order valence-corrected chi connectivity index (χ1v) is 4.53. The van der Waals surface area contributed by atoms with Crippen molar-refractivity contribution in [3.05, 3.63) is 0 Å². The molecule has 0 aromatic carbocycles. The van der Waals surface area contributed by atoms with Crippen LogP contribution in [0.25, 0.3) is 0 Å². The van der Waals surface area contributed by atoms with E-state index in [9.17, 15) is 0 Å². The van der Waals surface area contributed by atoms with Crippen LogP contribution in [-0.4, -0.2) is 43.7 Å². The van der Waals surface area contributed by atoms with Crippen LogP contribution >= 0.6 is 0 Å². The Morgan fingerprint density at radius 1 is 1.46 bits per heavy atom. The molecule has 0 rings (SSSR count). The molecule has 0 aliphatic heterocycles. The number of ether oxygens (including phenoxy) is 2. The number of rotatable bonds is 7. The average molecular weight is 191 g/mol. The van der Waals surface area contributed by atoms with Gasteiger partial charge >= 0.3 is 0 Å². The number of hydrogen-bond acceptors (Lipinski definition) is 4. The Balaban J connectivity index is 3.35. The Hall–Kier alpha value is -0.160. The summed E-state index contributed by atoms with van der Waals surface area (Å²) >= 11 is 0. The van der Waals surface area contributed by atoms with E-state index >= 15 is 0 Å². The fourth-order valence-corrected chi connectivity index (χ4v) is 0.707. The zero-order valence-corrected chi connectivity index (χ0v) is 8.75. The number of aliphatic hydroxyl groups excluding tert-OH is 1. The molecule has 1 unspecified atom stereocenters. The van der Waals surface area contributed by atoms with Gasteiger partial charge in [0.1, 0.15) is 0 Å². The van der Waals surface area contributed by atoms with Crippen LogP contribution in [0.1, 0.15) is 20.3 Å². The van der Waals surface area contributed by atoms with Crippen molar-refractivity contribution in [3.8, 4) is 0 Å². The van der Waals surface area contributed by atoms with Crippen LogP contribution in [0.5, 0.6) is 0 Å². The summed E-state index contributed by atoms with van der Waals surface area (Å²) in [5.74, 6) is 0. The van der Waals surface area contributed by atoms with Crippen molar-refractivity contribution in [1.82, 2.24) is 0 Å². The molecule has 13 heavy (non-hydrogen) atoms. The summed E-state index contributed by atoms with van der Waals surface area (Å²) < 4.78 is 10.4. The van der Waals surface area contributed by atoms with Crippen LogP contribution in [0.4, 0.5) is 0 Å². The predicted octanol–water partition coefficient (Wildman–Crippen LogP) is 0.138. The maximum Gasteiger partial charge on any atom is 0.0895 e. The highest BCUT2D eigenvalue weighted by molar-refractivity contribution is 4.66. The van der Waals surface area contributed by atoms with Gasteiger partial charge in [0.05, 0.1) is 18.3 Å². The Morgan fingerprint density at radius 2 is 2.08 bits per heavy atom. The van der Waals surface area contributed by atoms with Crippen molar-refractivity contribution in [2.45, 2.75) is 32.0 Å². The summed E-state index contributed by atoms with van der Waals surface area (Å²) in [4.78, 5) is 0. The molecule has 0 saturated carbocycles. The van der Waals surface area contributed by atoms with Gasteiger partial charge in [0, 0.05) is 20.3 Å². The van der Waals surface area contributed by atoms with Gasteiger partial charge in [-0.2, -0.15) is 0 Å². The van der Waals surface area contributed by atoms with Gasteiger partial charge in [-0.1, -0.05) is 0 Å². The molecule has 0 heterocycles. The molecule has 0 aliphatic rings. The fraction of sp³-hybridized carbons (Fsp3) is 1.00. The normalized spacial score (nSPS) is 14.5. The first-order chi connectivity index (χ1) is 6.02. The summed E-state index contributed by atoms with van der Waals surface area (Å²) in [5, 5.41) is 9.06. The summed E-state index contributed by atoms with van der Waals surface area (Å²) in [6.45, 7) is 5.12. The van der Waals surface area contributed by atoms with Crippen molar-refractivity contribution in [3.63, 3.8) is 0 Å². The molecule has 0 bridgehead atoms. The second-order valence-corrected chi connectivity index (χ2v) is 3.68. The molecule has 4 heteroatoms. The lowest BCUT2D eigenvalue weighted by atomic mass is 10.1. The molecule has 0 amide bonds. The first kappa shape index (κ1) is 12.8.